The molecule has 1 amide bonds. The molecule has 2 aromatic rings. The molecule has 0 radical (unpaired) electrons. The lowest BCUT2D eigenvalue weighted by atomic mass is 10.2. The summed E-state index contributed by atoms with van der Waals surface area (Å²) in [5, 5.41) is 2.69. The highest BCUT2D eigenvalue weighted by Gasteiger charge is 2.29. The average molecular weight is 502 g/mol. The van der Waals surface area contributed by atoms with E-state index in [1.165, 1.54) is 47.8 Å². The summed E-state index contributed by atoms with van der Waals surface area (Å²) in [4.78, 5) is 12.7. The number of hydrogen-bond donors (Lipinski definition) is 2. The van der Waals surface area contributed by atoms with E-state index in [-0.39, 0.29) is 32.6 Å². The first-order valence-corrected chi connectivity index (χ1v) is 13.5. The van der Waals surface area contributed by atoms with Gasteiger partial charge in [-0.1, -0.05) is 18.0 Å². The molecule has 0 bridgehead atoms. The Balaban J connectivity index is 1.85. The van der Waals surface area contributed by atoms with Gasteiger partial charge in [0.2, 0.25) is 20.0 Å². The molecule has 1 heterocycles. The standard InChI is InChI=1S/C20H24ClN3O6S2/c1-30-18-9-7-15(13-19(18)32(28,29)24-10-4-3-5-11-24)22-20(25)14-6-8-17(16(21)12-14)23-31(2,26)27/h6-9,12-13,23H,3-5,10-11H2,1-2H3,(H,22,25). The number of piperidine rings is 1. The Kier molecular flexibility index (Phi) is 7.33. The normalized spacial score (nSPS) is 15.2. The number of nitrogens with zero attached hydrogens (tertiary/aromatic N) is 1. The van der Waals surface area contributed by atoms with Gasteiger partial charge in [-0.2, -0.15) is 4.31 Å². The lowest BCUT2D eigenvalue weighted by molar-refractivity contribution is 0.102. The van der Waals surface area contributed by atoms with Gasteiger partial charge in [-0.15, -0.1) is 0 Å². The summed E-state index contributed by atoms with van der Waals surface area (Å²) in [6.45, 7) is 0.878. The van der Waals surface area contributed by atoms with Gasteiger partial charge in [0.25, 0.3) is 5.91 Å². The second-order valence-corrected chi connectivity index (χ2v) is 11.4. The highest BCUT2D eigenvalue weighted by molar-refractivity contribution is 7.92. The summed E-state index contributed by atoms with van der Waals surface area (Å²) in [5.41, 5.74) is 0.580. The Labute approximate surface area is 192 Å². The highest BCUT2D eigenvalue weighted by Crippen LogP contribution is 2.31. The third-order valence-corrected chi connectivity index (χ3v) is 7.70. The number of sulfonamides is 2. The molecule has 1 aliphatic rings. The van der Waals surface area contributed by atoms with Gasteiger partial charge in [-0.3, -0.25) is 9.52 Å². The van der Waals surface area contributed by atoms with Crippen LogP contribution in [-0.2, 0) is 20.0 Å². The van der Waals surface area contributed by atoms with E-state index in [4.69, 9.17) is 16.3 Å². The number of amides is 1. The number of anilines is 2. The first kappa shape index (κ1) is 24.3. The van der Waals surface area contributed by atoms with E-state index in [2.05, 4.69) is 10.0 Å². The van der Waals surface area contributed by atoms with Crippen molar-refractivity contribution in [1.82, 2.24) is 4.31 Å². The lowest BCUT2D eigenvalue weighted by Crippen LogP contribution is -2.35. The fraction of sp³-hybridized carbons (Fsp3) is 0.350. The average Bonchev–Trinajstić information content (AvgIpc) is 2.74. The van der Waals surface area contributed by atoms with Gasteiger partial charge >= 0.3 is 0 Å². The van der Waals surface area contributed by atoms with Crippen LogP contribution in [0, 0.1) is 0 Å². The fourth-order valence-electron chi connectivity index (χ4n) is 3.34. The van der Waals surface area contributed by atoms with E-state index >= 15 is 0 Å². The molecule has 9 nitrogen and oxygen atoms in total. The largest absolute Gasteiger partial charge is 0.495 e. The molecule has 1 saturated heterocycles. The van der Waals surface area contributed by atoms with Crippen LogP contribution in [0.1, 0.15) is 29.6 Å². The number of carbonyl (C=O) groups excluding carboxylic acids is 1. The first-order chi connectivity index (χ1) is 15.0. The number of nitrogens with one attached hydrogen (secondary N) is 2. The maximum absolute atomic E-state index is 13.1. The Morgan fingerprint density at radius 1 is 1.03 bits per heavy atom. The van der Waals surface area contributed by atoms with Gasteiger partial charge < -0.3 is 10.1 Å². The van der Waals surface area contributed by atoms with Crippen LogP contribution >= 0.6 is 11.6 Å². The summed E-state index contributed by atoms with van der Waals surface area (Å²) < 4.78 is 57.9. The summed E-state index contributed by atoms with van der Waals surface area (Å²) in [6.07, 6.45) is 3.56. The molecule has 2 N–H and O–H groups in total. The van der Waals surface area contributed by atoms with Gasteiger partial charge in [0.1, 0.15) is 10.6 Å². The molecular weight excluding hydrogens is 478 g/mol. The molecule has 0 spiro atoms. The molecule has 0 aliphatic carbocycles. The summed E-state index contributed by atoms with van der Waals surface area (Å²) in [6, 6.07) is 8.48. The minimum atomic E-state index is -3.79. The quantitative estimate of drug-likeness (QED) is 0.601. The van der Waals surface area contributed by atoms with Gasteiger partial charge in [-0.25, -0.2) is 16.8 Å². The highest BCUT2D eigenvalue weighted by atomic mass is 35.5. The number of methoxy groups -OCH3 is 1. The van der Waals surface area contributed by atoms with Crippen LogP contribution in [0.25, 0.3) is 0 Å². The maximum Gasteiger partial charge on any atom is 0.255 e. The van der Waals surface area contributed by atoms with Gasteiger partial charge in [-0.05, 0) is 49.2 Å². The van der Waals surface area contributed by atoms with E-state index in [0.717, 1.165) is 25.5 Å². The zero-order chi connectivity index (χ0) is 23.5. The van der Waals surface area contributed by atoms with Crippen molar-refractivity contribution >= 4 is 48.9 Å². The second-order valence-electron chi connectivity index (χ2n) is 7.35. The summed E-state index contributed by atoms with van der Waals surface area (Å²) in [5.74, 6) is -0.350. The number of hydrogen-bond acceptors (Lipinski definition) is 6. The summed E-state index contributed by atoms with van der Waals surface area (Å²) in [7, 11) is -5.92. The third kappa shape index (κ3) is 5.71. The Morgan fingerprint density at radius 3 is 2.31 bits per heavy atom. The number of halogens is 1. The molecule has 3 rings (SSSR count). The molecule has 0 saturated carbocycles. The Bertz CT molecular complexity index is 1230. The van der Waals surface area contributed by atoms with E-state index in [1.54, 1.807) is 0 Å². The Morgan fingerprint density at radius 2 is 1.72 bits per heavy atom. The smallest absolute Gasteiger partial charge is 0.255 e. The van der Waals surface area contributed by atoms with Crippen molar-refractivity contribution in [2.75, 3.05) is 36.5 Å². The molecule has 2 aromatic carbocycles. The van der Waals surface area contributed by atoms with E-state index in [1.807, 2.05) is 0 Å². The fourth-order valence-corrected chi connectivity index (χ4v) is 5.90. The Hall–Kier alpha value is -2.34. The van der Waals surface area contributed by atoms with Gasteiger partial charge in [0.05, 0.1) is 24.1 Å². The number of benzene rings is 2. The van der Waals surface area contributed by atoms with Crippen LogP contribution in [0.15, 0.2) is 41.3 Å². The van der Waals surface area contributed by atoms with Crippen LogP contribution in [0.2, 0.25) is 5.02 Å². The minimum absolute atomic E-state index is 0.0227. The van der Waals surface area contributed by atoms with Crippen LogP contribution in [-0.4, -0.2) is 53.5 Å². The van der Waals surface area contributed by atoms with Crippen LogP contribution in [0.3, 0.4) is 0 Å². The van der Waals surface area contributed by atoms with E-state index < -0.39 is 26.0 Å². The van der Waals surface area contributed by atoms with Crippen molar-refractivity contribution in [2.45, 2.75) is 24.2 Å². The van der Waals surface area contributed by atoms with Gasteiger partial charge in [0.15, 0.2) is 0 Å². The monoisotopic (exact) mass is 501 g/mol. The molecule has 12 heteroatoms. The topological polar surface area (TPSA) is 122 Å². The first-order valence-electron chi connectivity index (χ1n) is 9.78. The SMILES string of the molecule is COc1ccc(NC(=O)c2ccc(NS(C)(=O)=O)c(Cl)c2)cc1S(=O)(=O)N1CCCCC1. The van der Waals surface area contributed by atoms with Crippen molar-refractivity contribution in [3.05, 3.63) is 47.0 Å². The lowest BCUT2D eigenvalue weighted by Gasteiger charge is -2.26. The van der Waals surface area contributed by atoms with Crippen molar-refractivity contribution in [1.29, 1.82) is 0 Å². The van der Waals surface area contributed by atoms with Crippen molar-refractivity contribution < 1.29 is 26.4 Å². The number of rotatable bonds is 7. The molecule has 32 heavy (non-hydrogen) atoms. The molecule has 1 aliphatic heterocycles. The van der Waals surface area contributed by atoms with E-state index in [0.29, 0.717) is 13.1 Å². The summed E-state index contributed by atoms with van der Waals surface area (Å²) >= 11 is 6.08. The number of ether oxygens (including phenoxy) is 1. The zero-order valence-corrected chi connectivity index (χ0v) is 20.0. The van der Waals surface area contributed by atoms with Crippen molar-refractivity contribution in [2.24, 2.45) is 0 Å². The van der Waals surface area contributed by atoms with E-state index in [9.17, 15) is 21.6 Å². The molecule has 0 atom stereocenters. The molecule has 174 valence electrons. The van der Waals surface area contributed by atoms with Crippen LogP contribution in [0.4, 0.5) is 11.4 Å². The predicted molar refractivity (Wildman–Crippen MR) is 123 cm³/mol. The third-order valence-electron chi connectivity index (χ3n) is 4.88. The van der Waals surface area contributed by atoms with Crippen molar-refractivity contribution in [3.8, 4) is 5.75 Å². The second kappa shape index (κ2) is 9.65. The van der Waals surface area contributed by atoms with Crippen molar-refractivity contribution in [3.63, 3.8) is 0 Å². The predicted octanol–water partition coefficient (Wildman–Crippen LogP) is 3.15. The minimum Gasteiger partial charge on any atom is -0.495 e. The molecular formula is C20H24ClN3O6S2. The number of carbonyl (C=O) groups is 1. The van der Waals surface area contributed by atoms with Gasteiger partial charge in [0, 0.05) is 24.3 Å². The molecule has 0 aromatic heterocycles. The molecule has 1 fully saturated rings. The zero-order valence-electron chi connectivity index (χ0n) is 17.6. The van der Waals surface area contributed by atoms with Crippen LogP contribution in [0.5, 0.6) is 5.75 Å². The molecule has 0 unspecified atom stereocenters. The van der Waals surface area contributed by atoms with Crippen LogP contribution < -0.4 is 14.8 Å². The maximum atomic E-state index is 13.1.